The number of unbranched alkanes of at least 4 members (excludes halogenated alkanes) is 1. The molecule has 136 heavy (non-hydrogen) atoms. The lowest BCUT2D eigenvalue weighted by molar-refractivity contribution is -0.118. The average molecular weight is 2070 g/mol. The summed E-state index contributed by atoms with van der Waals surface area (Å²) in [5.74, 6) is -1.34. The first-order valence-corrected chi connectivity index (χ1v) is 48.1. The number of amides is 3. The van der Waals surface area contributed by atoms with Crippen LogP contribution in [0.2, 0.25) is 0 Å². The predicted octanol–water partition coefficient (Wildman–Crippen LogP) is 21.8. The highest BCUT2D eigenvalue weighted by Gasteiger charge is 2.53. The Hall–Kier alpha value is -10.2. The van der Waals surface area contributed by atoms with Crippen LogP contribution in [-0.2, 0) is 62.3 Å². The van der Waals surface area contributed by atoms with E-state index < -0.39 is 79.0 Å². The monoisotopic (exact) mass is 2060 g/mol. The number of alkyl halides is 2. The molecule has 15 rings (SSSR count). The molecule has 5 fully saturated rings. The number of ether oxygens (including phenoxy) is 4. The molecule has 5 heterocycles. The third-order valence-electron chi connectivity index (χ3n) is 22.9. The number of aliphatic hydroxyl groups excluding tert-OH is 3. The minimum Gasteiger partial charge on any atom is -0.444 e. The van der Waals surface area contributed by atoms with Crippen LogP contribution in [0.25, 0.3) is 22.3 Å². The van der Waals surface area contributed by atoms with Gasteiger partial charge in [-0.1, -0.05) is 238 Å². The molecule has 10 aromatic carbocycles. The SMILES string of the molecule is Brc1ccc(C2CO2)cc1.C.CC(=O)CC[C@H]1CN(c2ccc(-c3ccc([C@H](O)CNCCCF)cc3)c(F)c2)C(=O)O1.CC(=O)CC[C@H]1CN(c2ccc(-c3ccc([C@H](O)CNCc4ccccc4)cc3)c(F)c2)C(=O)O1.CC(=O)CC[C@H]1CN(c2ccc(B3OC(C)(C)C(C)(C)O3)c(F)c2)C(=O)O1.CCCCBr.NCc1ccccc1.O[C@H](CNCc1ccccc1)c1ccc(Br)cc1. The summed E-state index contributed by atoms with van der Waals surface area (Å²) in [4.78, 5) is 74.1. The number of cyclic esters (lactones) is 3. The van der Waals surface area contributed by atoms with E-state index in [0.717, 1.165) is 44.1 Å². The Labute approximate surface area is 822 Å². The van der Waals surface area contributed by atoms with Gasteiger partial charge in [0.15, 0.2) is 0 Å². The lowest BCUT2D eigenvalue weighted by Crippen LogP contribution is -2.41. The number of aliphatic hydroxyl groups is 3. The largest absolute Gasteiger partial charge is 0.497 e. The first-order valence-electron chi connectivity index (χ1n) is 45.4. The first-order chi connectivity index (χ1) is 64.7. The maximum absolute atomic E-state index is 15.0. The van der Waals surface area contributed by atoms with Gasteiger partial charge >= 0.3 is 25.4 Å². The lowest BCUT2D eigenvalue weighted by Gasteiger charge is -2.32. The van der Waals surface area contributed by atoms with Crippen molar-refractivity contribution in [1.29, 1.82) is 0 Å². The molecular weight excluding hydrogens is 1940 g/mol. The molecule has 0 aliphatic carbocycles. The van der Waals surface area contributed by atoms with Gasteiger partial charge in [0.1, 0.15) is 59.2 Å². The molecule has 7 atom stereocenters. The van der Waals surface area contributed by atoms with Crippen LogP contribution in [0.5, 0.6) is 0 Å². The number of hydrogen-bond acceptors (Lipinski definition) is 19. The normalized spacial score (nSPS) is 17.0. The van der Waals surface area contributed by atoms with Crippen molar-refractivity contribution < 1.29 is 89.9 Å². The minimum absolute atomic E-state index is 0. The standard InChI is InChI=1S/C28H29FN2O4.C24H28F2N2O4.C19H25BFNO5.C15H16BrNO.C8H7BrO.C7H9N.C4H9Br.CH4/c1-19(32)7-13-24-18-31(28(34)35-24)23-12-14-25(26(29)15-23)21-8-10-22(11-9-21)27(33)17-30-16-20-5-3-2-4-6-20;1-16(29)3-9-20-15-28(24(31)32-20)19-8-10-21(22(26)13-19)17-4-6-18(7-5-17)23(30)14-27-12-2-11-25;1-12(23)6-8-14-11-22(17(24)25-14)13-7-9-15(16(21)10-13)20-26-18(2,3)19(4,5)27-20;16-14-8-6-13(7-9-14)15(18)11-17-10-12-4-2-1-3-5-12;9-7-3-1-6(2-4-7)8-5-10-8;8-6-7-4-2-1-3-5-7;1-2-3-4-5;/h2-6,8-12,14-15,24,27,30,33H,7,13,16-18H2,1H3;4-8,10,13,20,23,27,30H,2-3,9,11-12,14-15H2,1H3;7,9-10,14H,6,8,11H2,1-5H3;1-9,15,17-18H,10-11H2;1-4,8H,5H2;1-5H,6,8H2;2-4H2,1H3;1H4/t24-,27+;20-,23+;14-;15-;;;;/m0001..../s1. The third-order valence-corrected chi connectivity index (χ3v) is 24.5. The van der Waals surface area contributed by atoms with Gasteiger partial charge < -0.3 is 79.6 Å². The number of carbonyl (C=O) groups is 6. The summed E-state index contributed by atoms with van der Waals surface area (Å²) >= 11 is 10.1. The van der Waals surface area contributed by atoms with Gasteiger partial charge in [-0.05, 0) is 210 Å². The van der Waals surface area contributed by atoms with Crippen LogP contribution in [0.4, 0.5) is 49.0 Å². The summed E-state index contributed by atoms with van der Waals surface area (Å²) in [6.45, 7) is 19.4. The molecule has 5 aliphatic heterocycles. The number of ketones is 3. The Morgan fingerprint density at radius 3 is 1.15 bits per heavy atom. The number of hydrogen-bond donors (Lipinski definition) is 7. The number of Topliss-reactive ketones (excluding diaryl/α,β-unsaturated/α-hetero) is 3. The van der Waals surface area contributed by atoms with Crippen molar-refractivity contribution in [2.24, 2.45) is 5.73 Å². The Morgan fingerprint density at radius 2 is 0.831 bits per heavy atom. The van der Waals surface area contributed by atoms with Crippen molar-refractivity contribution >= 4 is 113 Å². The van der Waals surface area contributed by atoms with Crippen LogP contribution in [0.1, 0.15) is 184 Å². The Bertz CT molecular complexity index is 5340. The summed E-state index contributed by atoms with van der Waals surface area (Å²) in [6.07, 6.45) is 1.11. The topological polar surface area (TPSA) is 294 Å². The van der Waals surface area contributed by atoms with E-state index in [1.54, 1.807) is 84.9 Å². The molecule has 0 aromatic heterocycles. The highest BCUT2D eigenvalue weighted by Crippen LogP contribution is 2.39. The van der Waals surface area contributed by atoms with E-state index in [4.69, 9.17) is 34.0 Å². The Kier molecular flexibility index (Phi) is 46.3. The maximum atomic E-state index is 15.0. The fraction of sp³-hybridized carbons (Fsp3) is 0.377. The van der Waals surface area contributed by atoms with Gasteiger partial charge in [0, 0.05) is 89.4 Å². The quantitative estimate of drug-likeness (QED) is 0.00485. The second-order valence-corrected chi connectivity index (χ2v) is 36.7. The van der Waals surface area contributed by atoms with Gasteiger partial charge in [-0.15, -0.1) is 0 Å². The fourth-order valence-electron chi connectivity index (χ4n) is 14.2. The summed E-state index contributed by atoms with van der Waals surface area (Å²) in [5.41, 5.74) is 15.0. The van der Waals surface area contributed by atoms with Crippen molar-refractivity contribution in [1.82, 2.24) is 16.0 Å². The van der Waals surface area contributed by atoms with Crippen molar-refractivity contribution in [3.63, 3.8) is 0 Å². The first kappa shape index (κ1) is 111. The molecule has 5 aliphatic rings. The van der Waals surface area contributed by atoms with Crippen LogP contribution in [0.15, 0.2) is 252 Å². The zero-order valence-corrected chi connectivity index (χ0v) is 82.3. The molecule has 728 valence electrons. The van der Waals surface area contributed by atoms with Crippen LogP contribution in [0.3, 0.4) is 0 Å². The second-order valence-electron chi connectivity index (χ2n) is 34.1. The molecule has 1 unspecified atom stereocenters. The number of epoxide rings is 1. The summed E-state index contributed by atoms with van der Waals surface area (Å²) in [5, 5.41) is 41.3. The molecule has 0 spiro atoms. The van der Waals surface area contributed by atoms with E-state index in [1.807, 2.05) is 143 Å². The lowest BCUT2D eigenvalue weighted by atomic mass is 9.78. The van der Waals surface area contributed by atoms with Crippen LogP contribution >= 0.6 is 47.8 Å². The van der Waals surface area contributed by atoms with E-state index in [0.29, 0.717) is 142 Å². The molecule has 8 N–H and O–H groups in total. The van der Waals surface area contributed by atoms with Crippen molar-refractivity contribution in [3.8, 4) is 22.3 Å². The van der Waals surface area contributed by atoms with E-state index >= 15 is 0 Å². The van der Waals surface area contributed by atoms with Crippen LogP contribution in [0, 0.1) is 17.5 Å². The number of benzene rings is 10. The van der Waals surface area contributed by atoms with Gasteiger partial charge in [-0.3, -0.25) is 19.1 Å². The van der Waals surface area contributed by atoms with Crippen LogP contribution in [-0.4, -0.2) is 152 Å². The van der Waals surface area contributed by atoms with Gasteiger partial charge in [0.25, 0.3) is 0 Å². The number of halogens is 7. The van der Waals surface area contributed by atoms with Gasteiger partial charge in [-0.2, -0.15) is 0 Å². The van der Waals surface area contributed by atoms with E-state index in [1.165, 1.54) is 83.2 Å². The van der Waals surface area contributed by atoms with Crippen LogP contribution < -0.4 is 41.8 Å². The summed E-state index contributed by atoms with van der Waals surface area (Å²) < 4.78 is 91.6. The molecule has 3 amide bonds. The number of nitrogens with zero attached hydrogens (tertiary/aromatic N) is 3. The number of rotatable bonds is 35. The third kappa shape index (κ3) is 36.0. The smallest absolute Gasteiger partial charge is 0.444 e. The zero-order chi connectivity index (χ0) is 97.6. The highest BCUT2D eigenvalue weighted by atomic mass is 79.9. The Balaban J connectivity index is 0.000000208. The molecule has 0 radical (unpaired) electrons. The van der Waals surface area contributed by atoms with Crippen molar-refractivity contribution in [2.75, 3.05) is 79.1 Å². The minimum atomic E-state index is -0.808. The zero-order valence-electron chi connectivity index (χ0n) is 77.6. The molecule has 0 saturated carbocycles. The van der Waals surface area contributed by atoms with Crippen molar-refractivity contribution in [3.05, 3.63) is 308 Å². The van der Waals surface area contributed by atoms with E-state index in [9.17, 15) is 61.6 Å². The summed E-state index contributed by atoms with van der Waals surface area (Å²) in [7, 11) is -0.808. The number of nitrogens with two attached hydrogens (primary N) is 1. The second kappa shape index (κ2) is 56.7. The highest BCUT2D eigenvalue weighted by molar-refractivity contribution is 9.10. The Morgan fingerprint density at radius 1 is 0.485 bits per heavy atom. The maximum Gasteiger partial charge on any atom is 0.497 e. The van der Waals surface area contributed by atoms with Gasteiger partial charge in [0.2, 0.25) is 0 Å². The molecule has 5 saturated heterocycles. The molecule has 10 aromatic rings. The molecule has 30 heteroatoms. The van der Waals surface area contributed by atoms with Gasteiger partial charge in [0.05, 0.1) is 79.5 Å². The molecule has 22 nitrogen and oxygen atoms in total. The number of nitrogens with one attached hydrogen (secondary N) is 3. The predicted molar refractivity (Wildman–Crippen MR) is 540 cm³/mol. The average Bonchev–Trinajstić information content (AvgIpc) is 1.61. The fourth-order valence-corrected chi connectivity index (χ4v) is 15.3. The van der Waals surface area contributed by atoms with Crippen molar-refractivity contribution in [2.45, 2.75) is 194 Å². The van der Waals surface area contributed by atoms with Gasteiger partial charge in [-0.25, -0.2) is 27.6 Å². The summed E-state index contributed by atoms with van der Waals surface area (Å²) in [6, 6.07) is 73.8. The molecule has 0 bridgehead atoms. The number of carbonyl (C=O) groups excluding carboxylic acids is 6. The number of anilines is 3. The van der Waals surface area contributed by atoms with E-state index in [-0.39, 0.29) is 61.6 Å². The molecular formula is C106H127BBr3F4N7O15. The van der Waals surface area contributed by atoms with E-state index in [2.05, 4.69) is 94.9 Å².